The van der Waals surface area contributed by atoms with Gasteiger partial charge in [-0.2, -0.15) is 0 Å². The van der Waals surface area contributed by atoms with E-state index in [0.717, 1.165) is 18.4 Å². The van der Waals surface area contributed by atoms with Crippen LogP contribution in [0.15, 0.2) is 65.6 Å². The standard InChI is InChI=1S/C27H34O4S/c1-19(20-11-7-5-8-12-20)17-24(28)31-25-22(23-15-16-27(25,4)26(23,2)3)18-32(29,30)21-13-9-6-10-14-21/h5-14,19,22-23,25H,15-18H2,1-4H3/t19-,22-,23+,25+,27-/m0/s1. The lowest BCUT2D eigenvalue weighted by atomic mass is 9.70. The zero-order valence-electron chi connectivity index (χ0n) is 19.5. The van der Waals surface area contributed by atoms with E-state index in [2.05, 4.69) is 20.8 Å². The molecule has 0 aromatic heterocycles. The van der Waals surface area contributed by atoms with Gasteiger partial charge in [0.25, 0.3) is 0 Å². The molecule has 5 atom stereocenters. The predicted octanol–water partition coefficient (Wildman–Crippen LogP) is 5.64. The van der Waals surface area contributed by atoms with Crippen molar-refractivity contribution in [2.75, 3.05) is 5.75 Å². The molecule has 2 saturated carbocycles. The fourth-order valence-corrected chi connectivity index (χ4v) is 7.92. The van der Waals surface area contributed by atoms with E-state index in [1.807, 2.05) is 43.3 Å². The summed E-state index contributed by atoms with van der Waals surface area (Å²) >= 11 is 0. The van der Waals surface area contributed by atoms with Gasteiger partial charge in [0.05, 0.1) is 17.1 Å². The molecule has 4 rings (SSSR count). The van der Waals surface area contributed by atoms with Crippen molar-refractivity contribution in [2.45, 2.75) is 63.9 Å². The average Bonchev–Trinajstić information content (AvgIpc) is 3.08. The first-order chi connectivity index (χ1) is 15.1. The van der Waals surface area contributed by atoms with Crippen molar-refractivity contribution in [1.29, 1.82) is 0 Å². The number of rotatable bonds is 7. The first-order valence-electron chi connectivity index (χ1n) is 11.6. The van der Waals surface area contributed by atoms with Gasteiger partial charge in [-0.3, -0.25) is 4.79 Å². The number of hydrogen-bond donors (Lipinski definition) is 0. The molecule has 172 valence electrons. The molecule has 2 aromatic carbocycles. The maximum atomic E-state index is 13.2. The fraction of sp³-hybridized carbons (Fsp3) is 0.519. The quantitative estimate of drug-likeness (QED) is 0.508. The fourth-order valence-electron chi connectivity index (χ4n) is 6.24. The van der Waals surface area contributed by atoms with Crippen LogP contribution in [-0.4, -0.2) is 26.2 Å². The predicted molar refractivity (Wildman–Crippen MR) is 126 cm³/mol. The Bertz CT molecular complexity index is 1060. The third kappa shape index (κ3) is 3.89. The average molecular weight is 455 g/mol. The van der Waals surface area contributed by atoms with Gasteiger partial charge in [-0.1, -0.05) is 76.2 Å². The summed E-state index contributed by atoms with van der Waals surface area (Å²) in [6, 6.07) is 18.6. The normalized spacial score (nSPS) is 29.6. The van der Waals surface area contributed by atoms with Gasteiger partial charge in [0, 0.05) is 11.3 Å². The summed E-state index contributed by atoms with van der Waals surface area (Å²) in [5, 5.41) is 0. The van der Waals surface area contributed by atoms with Crippen molar-refractivity contribution in [3.63, 3.8) is 0 Å². The molecule has 0 amide bonds. The molecular weight excluding hydrogens is 420 g/mol. The molecule has 2 fully saturated rings. The van der Waals surface area contributed by atoms with Gasteiger partial charge in [-0.15, -0.1) is 0 Å². The van der Waals surface area contributed by atoms with Crippen molar-refractivity contribution in [3.8, 4) is 0 Å². The molecule has 0 unspecified atom stereocenters. The van der Waals surface area contributed by atoms with Crippen LogP contribution < -0.4 is 0 Å². The molecule has 0 aliphatic heterocycles. The first kappa shape index (κ1) is 23.0. The highest BCUT2D eigenvalue weighted by molar-refractivity contribution is 7.91. The number of fused-ring (bicyclic) bond motifs is 2. The molecule has 2 aliphatic carbocycles. The summed E-state index contributed by atoms with van der Waals surface area (Å²) in [6.07, 6.45) is 1.84. The summed E-state index contributed by atoms with van der Waals surface area (Å²) in [6.45, 7) is 8.64. The Balaban J connectivity index is 1.56. The van der Waals surface area contributed by atoms with E-state index in [9.17, 15) is 13.2 Å². The monoisotopic (exact) mass is 454 g/mol. The second kappa shape index (κ2) is 8.33. The minimum atomic E-state index is -3.47. The number of benzene rings is 2. The molecule has 0 N–H and O–H groups in total. The van der Waals surface area contributed by atoms with Crippen LogP contribution in [-0.2, 0) is 19.4 Å². The van der Waals surface area contributed by atoms with Crippen molar-refractivity contribution in [3.05, 3.63) is 66.2 Å². The van der Waals surface area contributed by atoms with Gasteiger partial charge in [-0.05, 0) is 47.8 Å². The summed E-state index contributed by atoms with van der Waals surface area (Å²) in [7, 11) is -3.47. The van der Waals surface area contributed by atoms with E-state index in [1.54, 1.807) is 24.3 Å². The van der Waals surface area contributed by atoms with Gasteiger partial charge in [0.2, 0.25) is 0 Å². The Morgan fingerprint density at radius 1 is 1.03 bits per heavy atom. The Morgan fingerprint density at radius 3 is 2.25 bits per heavy atom. The first-order valence-corrected chi connectivity index (χ1v) is 13.2. The van der Waals surface area contributed by atoms with Gasteiger partial charge in [0.15, 0.2) is 9.84 Å². The Hall–Kier alpha value is -2.14. The van der Waals surface area contributed by atoms with Crippen LogP contribution in [0.2, 0.25) is 0 Å². The van der Waals surface area contributed by atoms with E-state index >= 15 is 0 Å². The van der Waals surface area contributed by atoms with Crippen LogP contribution in [0.25, 0.3) is 0 Å². The largest absolute Gasteiger partial charge is 0.461 e. The molecule has 2 bridgehead atoms. The topological polar surface area (TPSA) is 60.4 Å². The van der Waals surface area contributed by atoms with Crippen LogP contribution in [0.3, 0.4) is 0 Å². The number of ether oxygens (including phenoxy) is 1. The molecule has 2 aromatic rings. The van der Waals surface area contributed by atoms with E-state index in [-0.39, 0.29) is 46.4 Å². The van der Waals surface area contributed by atoms with Crippen molar-refractivity contribution < 1.29 is 17.9 Å². The smallest absolute Gasteiger partial charge is 0.306 e. The van der Waals surface area contributed by atoms with Crippen LogP contribution in [0.5, 0.6) is 0 Å². The number of esters is 1. The highest BCUT2D eigenvalue weighted by Gasteiger charge is 2.68. The molecule has 32 heavy (non-hydrogen) atoms. The summed E-state index contributed by atoms with van der Waals surface area (Å²) in [5.74, 6) is -0.139. The van der Waals surface area contributed by atoms with Gasteiger partial charge < -0.3 is 4.74 Å². The lowest BCUT2D eigenvalue weighted by molar-refractivity contribution is -0.160. The van der Waals surface area contributed by atoms with Gasteiger partial charge in [0.1, 0.15) is 6.10 Å². The maximum Gasteiger partial charge on any atom is 0.306 e. The van der Waals surface area contributed by atoms with E-state index in [0.29, 0.717) is 11.3 Å². The summed E-state index contributed by atoms with van der Waals surface area (Å²) in [5.41, 5.74) is 0.798. The Kier molecular flexibility index (Phi) is 6.00. The van der Waals surface area contributed by atoms with Crippen LogP contribution in [0, 0.1) is 22.7 Å². The minimum absolute atomic E-state index is 0.0207. The number of carbonyl (C=O) groups excluding carboxylic acids is 1. The van der Waals surface area contributed by atoms with Crippen LogP contribution >= 0.6 is 0 Å². The number of hydrogen-bond acceptors (Lipinski definition) is 4. The van der Waals surface area contributed by atoms with E-state index in [1.165, 1.54) is 0 Å². The third-order valence-corrected chi connectivity index (χ3v) is 10.3. The molecule has 0 spiro atoms. The minimum Gasteiger partial charge on any atom is -0.461 e. The maximum absolute atomic E-state index is 13.2. The number of carbonyl (C=O) groups is 1. The SMILES string of the molecule is C[C@@H](CC(=O)O[C@@H]1[C@@H](CS(=O)(=O)c2ccccc2)[C@H]2CC[C@]1(C)C2(C)C)c1ccccc1. The Morgan fingerprint density at radius 2 is 1.62 bits per heavy atom. The molecule has 2 aliphatic rings. The van der Waals surface area contributed by atoms with E-state index in [4.69, 9.17) is 4.74 Å². The van der Waals surface area contributed by atoms with Crippen LogP contribution in [0.1, 0.15) is 58.4 Å². The third-order valence-electron chi connectivity index (χ3n) is 8.52. The molecule has 0 heterocycles. The molecule has 5 heteroatoms. The summed E-state index contributed by atoms with van der Waals surface area (Å²) in [4.78, 5) is 13.4. The lowest BCUT2D eigenvalue weighted by Gasteiger charge is -2.39. The van der Waals surface area contributed by atoms with E-state index < -0.39 is 9.84 Å². The zero-order valence-corrected chi connectivity index (χ0v) is 20.3. The molecule has 0 saturated heterocycles. The molecular formula is C27H34O4S. The van der Waals surface area contributed by atoms with Crippen molar-refractivity contribution in [1.82, 2.24) is 0 Å². The van der Waals surface area contributed by atoms with Crippen molar-refractivity contribution >= 4 is 15.8 Å². The van der Waals surface area contributed by atoms with Crippen LogP contribution in [0.4, 0.5) is 0 Å². The highest BCUT2D eigenvalue weighted by atomic mass is 32.2. The Labute approximate surface area is 192 Å². The highest BCUT2D eigenvalue weighted by Crippen LogP contribution is 2.68. The summed E-state index contributed by atoms with van der Waals surface area (Å²) < 4.78 is 32.6. The zero-order chi connectivity index (χ0) is 23.1. The number of sulfone groups is 1. The lowest BCUT2D eigenvalue weighted by Crippen LogP contribution is -2.43. The second-order valence-electron chi connectivity index (χ2n) is 10.5. The van der Waals surface area contributed by atoms with Gasteiger partial charge in [-0.25, -0.2) is 8.42 Å². The van der Waals surface area contributed by atoms with Gasteiger partial charge >= 0.3 is 5.97 Å². The second-order valence-corrected chi connectivity index (χ2v) is 12.5. The van der Waals surface area contributed by atoms with Crippen molar-refractivity contribution in [2.24, 2.45) is 22.7 Å². The molecule has 4 nitrogen and oxygen atoms in total. The molecule has 0 radical (unpaired) electrons.